The number of aryl methyl sites for hydroxylation is 1. The highest BCUT2D eigenvalue weighted by Crippen LogP contribution is 2.17. The summed E-state index contributed by atoms with van der Waals surface area (Å²) < 4.78 is 7.53. The number of guanidine groups is 1. The maximum atomic E-state index is 5.68. The van der Waals surface area contributed by atoms with E-state index in [0.717, 1.165) is 51.6 Å². The second-order valence-electron chi connectivity index (χ2n) is 8.33. The van der Waals surface area contributed by atoms with Gasteiger partial charge in [-0.1, -0.05) is 0 Å². The van der Waals surface area contributed by atoms with E-state index in [4.69, 9.17) is 9.73 Å². The zero-order valence-corrected chi connectivity index (χ0v) is 21.9. The van der Waals surface area contributed by atoms with E-state index in [9.17, 15) is 0 Å². The summed E-state index contributed by atoms with van der Waals surface area (Å²) in [5, 5.41) is 11.4. The van der Waals surface area contributed by atoms with E-state index in [1.54, 1.807) is 0 Å². The number of rotatable bonds is 10. The van der Waals surface area contributed by atoms with Crippen LogP contribution >= 0.6 is 24.0 Å². The summed E-state index contributed by atoms with van der Waals surface area (Å²) in [5.41, 5.74) is 1.19. The fraction of sp³-hybridized carbons (Fsp3) is 0.810. The Morgan fingerprint density at radius 1 is 1.33 bits per heavy atom. The van der Waals surface area contributed by atoms with E-state index in [2.05, 4.69) is 66.6 Å². The Morgan fingerprint density at radius 2 is 2.03 bits per heavy atom. The first-order valence-corrected chi connectivity index (χ1v) is 10.9. The lowest BCUT2D eigenvalue weighted by atomic mass is 10.1. The highest BCUT2D eigenvalue weighted by Gasteiger charge is 2.21. The maximum absolute atomic E-state index is 5.68. The van der Waals surface area contributed by atoms with E-state index in [1.807, 2.05) is 17.9 Å². The molecule has 1 saturated heterocycles. The van der Waals surface area contributed by atoms with Crippen molar-refractivity contribution in [2.75, 3.05) is 53.4 Å². The second-order valence-corrected chi connectivity index (χ2v) is 8.33. The Balaban J connectivity index is 0.00000450. The topological polar surface area (TPSA) is 70.0 Å². The summed E-state index contributed by atoms with van der Waals surface area (Å²) in [6.45, 7) is 11.9. The number of ether oxygens (including phenoxy) is 1. The van der Waals surface area contributed by atoms with E-state index >= 15 is 0 Å². The van der Waals surface area contributed by atoms with Gasteiger partial charge in [-0.2, -0.15) is 5.10 Å². The smallest absolute Gasteiger partial charge is 0.191 e. The second kappa shape index (κ2) is 14.2. The van der Waals surface area contributed by atoms with Crippen molar-refractivity contribution in [3.8, 4) is 0 Å². The lowest BCUT2D eigenvalue weighted by molar-refractivity contribution is 0.0532. The van der Waals surface area contributed by atoms with Gasteiger partial charge in [0.25, 0.3) is 0 Å². The maximum Gasteiger partial charge on any atom is 0.191 e. The Morgan fingerprint density at radius 3 is 2.57 bits per heavy atom. The molecule has 1 atom stereocenters. The molecule has 0 aliphatic carbocycles. The van der Waals surface area contributed by atoms with Crippen molar-refractivity contribution in [2.24, 2.45) is 12.0 Å². The molecule has 1 unspecified atom stereocenters. The molecule has 9 heteroatoms. The van der Waals surface area contributed by atoms with Crippen molar-refractivity contribution in [1.82, 2.24) is 30.2 Å². The molecule has 1 aromatic rings. The number of nitrogens with one attached hydrogen (secondary N) is 2. The zero-order valence-electron chi connectivity index (χ0n) is 19.6. The summed E-state index contributed by atoms with van der Waals surface area (Å²) in [5.74, 6) is 0.907. The molecule has 30 heavy (non-hydrogen) atoms. The van der Waals surface area contributed by atoms with Crippen LogP contribution in [-0.2, 0) is 11.8 Å². The molecule has 0 saturated carbocycles. The third kappa shape index (κ3) is 9.49. The molecule has 0 amide bonds. The van der Waals surface area contributed by atoms with Gasteiger partial charge in [0.2, 0.25) is 0 Å². The Hall–Kier alpha value is -0.910. The lowest BCUT2D eigenvalue weighted by Gasteiger charge is -2.33. The van der Waals surface area contributed by atoms with Gasteiger partial charge in [-0.05, 0) is 47.7 Å². The van der Waals surface area contributed by atoms with Crippen LogP contribution in [0, 0.1) is 0 Å². The average molecular weight is 536 g/mol. The van der Waals surface area contributed by atoms with Gasteiger partial charge in [0.05, 0.1) is 31.5 Å². The fourth-order valence-corrected chi connectivity index (χ4v) is 3.59. The van der Waals surface area contributed by atoms with Crippen LogP contribution in [0.2, 0.25) is 0 Å². The summed E-state index contributed by atoms with van der Waals surface area (Å²) >= 11 is 0. The van der Waals surface area contributed by atoms with Gasteiger partial charge in [0.15, 0.2) is 5.96 Å². The first-order chi connectivity index (χ1) is 13.9. The number of likely N-dealkylation sites (N-methyl/N-ethyl adjacent to an activating group) is 1. The number of aliphatic imine (C=N–C) groups is 1. The molecule has 8 nitrogen and oxygen atoms in total. The third-order valence-corrected chi connectivity index (χ3v) is 5.29. The number of aromatic nitrogens is 2. The number of halogens is 1. The minimum atomic E-state index is 0. The zero-order chi connectivity index (χ0) is 21.2. The highest BCUT2D eigenvalue weighted by atomic mass is 127. The van der Waals surface area contributed by atoms with Crippen LogP contribution in [0.25, 0.3) is 0 Å². The van der Waals surface area contributed by atoms with Crippen molar-refractivity contribution in [3.05, 3.63) is 18.0 Å². The third-order valence-electron chi connectivity index (χ3n) is 5.29. The summed E-state index contributed by atoms with van der Waals surface area (Å²) in [6, 6.07) is 0.674. The SMILES string of the molecule is CCNC(=NCC(c1cnn(C)c1)N(C)C)NC1CCN(CCOC(C)C)CC1.I. The number of hydrogen-bond acceptors (Lipinski definition) is 5. The normalized spacial score (nSPS) is 17.3. The summed E-state index contributed by atoms with van der Waals surface area (Å²) in [4.78, 5) is 9.58. The first kappa shape index (κ1) is 27.1. The van der Waals surface area contributed by atoms with Gasteiger partial charge >= 0.3 is 0 Å². The van der Waals surface area contributed by atoms with Crippen LogP contribution in [0.4, 0.5) is 0 Å². The van der Waals surface area contributed by atoms with Gasteiger partial charge < -0.3 is 25.2 Å². The van der Waals surface area contributed by atoms with Gasteiger partial charge in [0.1, 0.15) is 0 Å². The molecule has 2 N–H and O–H groups in total. The average Bonchev–Trinajstić information content (AvgIpc) is 3.09. The largest absolute Gasteiger partial charge is 0.377 e. The van der Waals surface area contributed by atoms with Crippen LogP contribution < -0.4 is 10.6 Å². The predicted molar refractivity (Wildman–Crippen MR) is 135 cm³/mol. The quantitative estimate of drug-likeness (QED) is 0.272. The van der Waals surface area contributed by atoms with E-state index in [-0.39, 0.29) is 30.0 Å². The molecule has 1 aliphatic heterocycles. The molecule has 1 fully saturated rings. The van der Waals surface area contributed by atoms with Crippen LogP contribution in [0.5, 0.6) is 0 Å². The molecular formula is C21H42IN7O. The molecule has 1 aliphatic rings. The van der Waals surface area contributed by atoms with Crippen molar-refractivity contribution in [2.45, 2.75) is 51.8 Å². The summed E-state index contributed by atoms with van der Waals surface area (Å²) in [6.07, 6.45) is 6.57. The Bertz CT molecular complexity index is 612. The number of hydrogen-bond donors (Lipinski definition) is 2. The standard InChI is InChI=1S/C21H41N7O.HI/c1-7-22-21(23-15-20(26(4)5)18-14-24-27(6)16-18)25-19-8-10-28(11-9-19)12-13-29-17(2)3;/h14,16-17,19-20H,7-13,15H2,1-6H3,(H2,22,23,25);1H. The van der Waals surface area contributed by atoms with Crippen molar-refractivity contribution >= 4 is 29.9 Å². The van der Waals surface area contributed by atoms with Crippen LogP contribution in [0.1, 0.15) is 45.2 Å². The van der Waals surface area contributed by atoms with Crippen molar-refractivity contribution in [3.63, 3.8) is 0 Å². The highest BCUT2D eigenvalue weighted by molar-refractivity contribution is 14.0. The number of piperidine rings is 1. The van der Waals surface area contributed by atoms with Crippen LogP contribution in [-0.4, -0.2) is 91.1 Å². The van der Waals surface area contributed by atoms with Gasteiger partial charge in [-0.15, -0.1) is 24.0 Å². The molecule has 2 rings (SSSR count). The Labute approximate surface area is 199 Å². The molecule has 0 aromatic carbocycles. The predicted octanol–water partition coefficient (Wildman–Crippen LogP) is 2.09. The first-order valence-electron chi connectivity index (χ1n) is 10.9. The van der Waals surface area contributed by atoms with Crippen LogP contribution in [0.3, 0.4) is 0 Å². The number of nitrogens with zero attached hydrogens (tertiary/aromatic N) is 5. The number of likely N-dealkylation sites (tertiary alicyclic amines) is 1. The molecular weight excluding hydrogens is 493 g/mol. The van der Waals surface area contributed by atoms with E-state index in [1.165, 1.54) is 5.56 Å². The minimum Gasteiger partial charge on any atom is -0.377 e. The fourth-order valence-electron chi connectivity index (χ4n) is 3.59. The Kier molecular flexibility index (Phi) is 12.8. The van der Waals surface area contributed by atoms with Gasteiger partial charge in [0, 0.05) is 51.0 Å². The molecule has 0 radical (unpaired) electrons. The lowest BCUT2D eigenvalue weighted by Crippen LogP contribution is -2.49. The van der Waals surface area contributed by atoms with Crippen LogP contribution in [0.15, 0.2) is 17.4 Å². The molecule has 174 valence electrons. The molecule has 0 spiro atoms. The van der Waals surface area contributed by atoms with Gasteiger partial charge in [-0.3, -0.25) is 9.67 Å². The van der Waals surface area contributed by atoms with E-state index in [0.29, 0.717) is 18.7 Å². The van der Waals surface area contributed by atoms with Gasteiger partial charge in [-0.25, -0.2) is 0 Å². The summed E-state index contributed by atoms with van der Waals surface area (Å²) in [7, 11) is 6.13. The minimum absolute atomic E-state index is 0. The van der Waals surface area contributed by atoms with Crippen molar-refractivity contribution in [1.29, 1.82) is 0 Å². The van der Waals surface area contributed by atoms with Crippen molar-refractivity contribution < 1.29 is 4.74 Å². The van der Waals surface area contributed by atoms with E-state index < -0.39 is 0 Å². The molecule has 0 bridgehead atoms. The molecule has 1 aromatic heterocycles. The molecule has 2 heterocycles. The monoisotopic (exact) mass is 535 g/mol.